The Hall–Kier alpha value is -2.26. The van der Waals surface area contributed by atoms with Crippen LogP contribution in [0, 0.1) is 17.8 Å². The van der Waals surface area contributed by atoms with Crippen LogP contribution < -0.4 is 0 Å². The molecule has 2 N–H and O–H groups in total. The Balaban J connectivity index is 1.53. The number of nitrogens with zero attached hydrogens (tertiary/aromatic N) is 1. The van der Waals surface area contributed by atoms with E-state index in [-0.39, 0.29) is 30.4 Å². The van der Waals surface area contributed by atoms with Crippen LogP contribution in [0.4, 0.5) is 0 Å². The Morgan fingerprint density at radius 2 is 1.98 bits per heavy atom. The molecular weight excluding hydrogens is 510 g/mol. The summed E-state index contributed by atoms with van der Waals surface area (Å²) in [5.74, 6) is -1.60. The Morgan fingerprint density at radius 3 is 2.73 bits per heavy atom. The van der Waals surface area contributed by atoms with Gasteiger partial charge in [0.1, 0.15) is 29.4 Å². The fourth-order valence-electron chi connectivity index (χ4n) is 7.22. The van der Waals surface area contributed by atoms with Crippen LogP contribution >= 0.6 is 0 Å². The summed E-state index contributed by atoms with van der Waals surface area (Å²) in [6.07, 6.45) is 13.6. The molecule has 1 spiro atoms. The number of fused-ring (bicyclic) bond motifs is 2. The first kappa shape index (κ1) is 29.2. The summed E-state index contributed by atoms with van der Waals surface area (Å²) in [7, 11) is 0. The van der Waals surface area contributed by atoms with E-state index in [0.29, 0.717) is 29.9 Å². The van der Waals surface area contributed by atoms with Gasteiger partial charge in [-0.3, -0.25) is 4.79 Å². The minimum Gasteiger partial charge on any atom is -0.462 e. The zero-order valence-electron chi connectivity index (χ0n) is 24.5. The number of allylic oxidation sites excluding steroid dienone is 4. The van der Waals surface area contributed by atoms with Crippen LogP contribution in [-0.2, 0) is 23.7 Å². The lowest BCUT2D eigenvalue weighted by molar-refractivity contribution is -0.335. The van der Waals surface area contributed by atoms with Crippen LogP contribution in [0.25, 0.3) is 0 Å². The van der Waals surface area contributed by atoms with E-state index in [4.69, 9.17) is 18.9 Å². The van der Waals surface area contributed by atoms with Crippen molar-refractivity contribution in [3.63, 3.8) is 0 Å². The van der Waals surface area contributed by atoms with E-state index in [0.717, 1.165) is 32.1 Å². The van der Waals surface area contributed by atoms with Crippen LogP contribution in [0.3, 0.4) is 0 Å². The van der Waals surface area contributed by atoms with E-state index in [1.807, 2.05) is 12.2 Å². The van der Waals surface area contributed by atoms with Gasteiger partial charge >= 0.3 is 5.97 Å². The van der Waals surface area contributed by atoms with Gasteiger partial charge in [0.15, 0.2) is 5.79 Å². The Morgan fingerprint density at radius 1 is 1.18 bits per heavy atom. The largest absolute Gasteiger partial charge is 0.462 e. The van der Waals surface area contributed by atoms with Gasteiger partial charge in [-0.2, -0.15) is 0 Å². The second-order valence-electron chi connectivity index (χ2n) is 12.6. The number of carbonyl (C=O) groups excluding carboxylic acids is 1. The molecule has 0 aromatic heterocycles. The monoisotopic (exact) mass is 555 g/mol. The first-order chi connectivity index (χ1) is 19.1. The molecule has 0 radical (unpaired) electrons. The number of carbonyl (C=O) groups is 1. The highest BCUT2D eigenvalue weighted by Gasteiger charge is 2.59. The van der Waals surface area contributed by atoms with Crippen molar-refractivity contribution in [2.45, 2.75) is 115 Å². The number of hydrogen-bond acceptors (Lipinski definition) is 8. The van der Waals surface area contributed by atoms with Crippen molar-refractivity contribution in [3.8, 4) is 0 Å². The molecule has 0 aromatic carbocycles. The number of esters is 1. The number of oxime groups is 1. The minimum atomic E-state index is -1.72. The maximum Gasteiger partial charge on any atom is 0.316 e. The molecule has 0 aromatic rings. The van der Waals surface area contributed by atoms with E-state index >= 15 is 0 Å². The third-order valence-electron chi connectivity index (χ3n) is 9.45. The molecule has 1 aliphatic carbocycles. The molecular formula is C32H45NO7. The van der Waals surface area contributed by atoms with Gasteiger partial charge < -0.3 is 29.3 Å². The summed E-state index contributed by atoms with van der Waals surface area (Å²) in [5, 5.41) is 25.3. The molecule has 0 amide bonds. The Bertz CT molecular complexity index is 1140. The second kappa shape index (κ2) is 11.6. The van der Waals surface area contributed by atoms with Crippen LogP contribution in [0.1, 0.15) is 79.6 Å². The van der Waals surface area contributed by atoms with Gasteiger partial charge in [0.2, 0.25) is 0 Å². The molecule has 3 fully saturated rings. The smallest absolute Gasteiger partial charge is 0.316 e. The van der Waals surface area contributed by atoms with Crippen molar-refractivity contribution >= 4 is 11.7 Å². The van der Waals surface area contributed by atoms with E-state index in [9.17, 15) is 15.1 Å². The van der Waals surface area contributed by atoms with Gasteiger partial charge in [-0.05, 0) is 62.5 Å². The lowest BCUT2D eigenvalue weighted by atomic mass is 9.71. The number of hydrogen-bond donors (Lipinski definition) is 2. The highest BCUT2D eigenvalue weighted by Crippen LogP contribution is 2.46. The van der Waals surface area contributed by atoms with E-state index in [1.54, 1.807) is 13.0 Å². The molecule has 5 rings (SSSR count). The number of rotatable bonds is 1. The van der Waals surface area contributed by atoms with Gasteiger partial charge in [0, 0.05) is 19.3 Å². The molecule has 4 heterocycles. The normalized spacial score (nSPS) is 47.0. The average molecular weight is 556 g/mol. The van der Waals surface area contributed by atoms with Crippen LogP contribution in [0.5, 0.6) is 0 Å². The fourth-order valence-corrected chi connectivity index (χ4v) is 7.22. The summed E-state index contributed by atoms with van der Waals surface area (Å²) in [5.41, 5.74) is 0.922. The number of aliphatic hydroxyl groups is 1. The summed E-state index contributed by atoms with van der Waals surface area (Å²) >= 11 is 0. The zero-order chi connectivity index (χ0) is 28.7. The molecule has 8 heteroatoms. The molecule has 9 atom stereocenters. The van der Waals surface area contributed by atoms with Gasteiger partial charge in [-0.25, -0.2) is 0 Å². The van der Waals surface area contributed by atoms with Crippen LogP contribution in [0.15, 0.2) is 52.3 Å². The highest BCUT2D eigenvalue weighted by atomic mass is 16.7. The summed E-state index contributed by atoms with van der Waals surface area (Å²) in [6.45, 7) is 10.5. The summed E-state index contributed by atoms with van der Waals surface area (Å²) < 4.78 is 25.5. The van der Waals surface area contributed by atoms with E-state index in [2.05, 4.69) is 45.0 Å². The molecule has 3 saturated heterocycles. The molecule has 40 heavy (non-hydrogen) atoms. The molecule has 2 bridgehead atoms. The predicted octanol–water partition coefficient (Wildman–Crippen LogP) is 5.39. The molecule has 8 nitrogen and oxygen atoms in total. The third kappa shape index (κ3) is 5.48. The maximum atomic E-state index is 13.9. The average Bonchev–Trinajstić information content (AvgIpc) is 3.24. The topological polar surface area (TPSA) is 107 Å². The minimum absolute atomic E-state index is 0.0940. The third-order valence-corrected chi connectivity index (χ3v) is 9.45. The van der Waals surface area contributed by atoms with Gasteiger partial charge in [0.25, 0.3) is 0 Å². The molecule has 220 valence electrons. The number of ether oxygens (including phenoxy) is 4. The van der Waals surface area contributed by atoms with E-state index < -0.39 is 35.5 Å². The quantitative estimate of drug-likeness (QED) is 0.193. The van der Waals surface area contributed by atoms with Gasteiger partial charge in [-0.15, -0.1) is 0 Å². The molecule has 5 aliphatic rings. The van der Waals surface area contributed by atoms with Crippen LogP contribution in [0.2, 0.25) is 0 Å². The van der Waals surface area contributed by atoms with Crippen molar-refractivity contribution < 1.29 is 34.1 Å². The SMILES string of the molecule is CC[C@@H]1O[C@@]2(CC[C@H]1C)C[C@H]1C[C@H](C/C=C(\C)C[C@H](C)/C=C/C=C3\CO[C@H]4/C(=N\O)C(C)=C[C@H](C(=O)O1)[C@@]34O)O2. The lowest BCUT2D eigenvalue weighted by Gasteiger charge is -2.49. The van der Waals surface area contributed by atoms with Crippen molar-refractivity contribution in [3.05, 3.63) is 47.1 Å². The standard InChI is InChI=1S/C32H45NO7/c1-6-27-21(4)12-13-31(40-27)17-25-16-24(39-31)11-10-20(3)14-19(2)8-7-9-23-18-37-29-28(33-36)22(5)15-26(30(34)38-25)32(23,29)35/h7-10,15,19,21,24-27,29,35-36H,6,11-14,16-18H2,1-5H3/b8-7+,20-10+,23-9+,33-28-/t19-,21-,24+,25-,26-,27+,29+,31+,32+/m1/s1. The lowest BCUT2D eigenvalue weighted by Crippen LogP contribution is -2.57. The Kier molecular flexibility index (Phi) is 8.44. The Labute approximate surface area is 237 Å². The second-order valence-corrected chi connectivity index (χ2v) is 12.6. The highest BCUT2D eigenvalue weighted by molar-refractivity contribution is 6.06. The van der Waals surface area contributed by atoms with Gasteiger partial charge in [-0.1, -0.05) is 61.9 Å². The molecule has 4 aliphatic heterocycles. The van der Waals surface area contributed by atoms with E-state index in [1.165, 1.54) is 5.57 Å². The first-order valence-electron chi connectivity index (χ1n) is 14.9. The summed E-state index contributed by atoms with van der Waals surface area (Å²) in [4.78, 5) is 13.9. The van der Waals surface area contributed by atoms with Crippen LogP contribution in [-0.4, -0.2) is 64.4 Å². The predicted molar refractivity (Wildman–Crippen MR) is 151 cm³/mol. The van der Waals surface area contributed by atoms with Crippen molar-refractivity contribution in [2.75, 3.05) is 6.61 Å². The first-order valence-corrected chi connectivity index (χ1v) is 14.9. The molecule has 0 saturated carbocycles. The van der Waals surface area contributed by atoms with Crippen molar-refractivity contribution in [1.29, 1.82) is 0 Å². The van der Waals surface area contributed by atoms with Crippen molar-refractivity contribution in [2.24, 2.45) is 22.9 Å². The molecule has 0 unspecified atom stereocenters. The zero-order valence-corrected chi connectivity index (χ0v) is 24.5. The van der Waals surface area contributed by atoms with Gasteiger partial charge in [0.05, 0.1) is 18.8 Å². The van der Waals surface area contributed by atoms with Crippen molar-refractivity contribution in [1.82, 2.24) is 0 Å². The summed E-state index contributed by atoms with van der Waals surface area (Å²) in [6, 6.07) is 0. The maximum absolute atomic E-state index is 13.9. The fraction of sp³-hybridized carbons (Fsp3) is 0.688.